The van der Waals surface area contributed by atoms with Gasteiger partial charge in [0.1, 0.15) is 0 Å². The molecule has 2 aromatic rings. The van der Waals surface area contributed by atoms with Gasteiger partial charge in [-0.1, -0.05) is 34.1 Å². The van der Waals surface area contributed by atoms with Gasteiger partial charge >= 0.3 is 0 Å². The molecule has 0 aliphatic carbocycles. The van der Waals surface area contributed by atoms with Crippen LogP contribution in [-0.2, 0) is 11.2 Å². The number of benzene rings is 1. The minimum Gasteiger partial charge on any atom is -0.302 e. The van der Waals surface area contributed by atoms with E-state index in [0.29, 0.717) is 11.6 Å². The second-order valence-electron chi connectivity index (χ2n) is 3.59. The number of hydrogen-bond donors (Lipinski definition) is 1. The van der Waals surface area contributed by atoms with E-state index in [4.69, 9.17) is 0 Å². The van der Waals surface area contributed by atoms with Gasteiger partial charge in [0.15, 0.2) is 5.13 Å². The van der Waals surface area contributed by atoms with Crippen molar-refractivity contribution in [2.45, 2.75) is 13.3 Å². The summed E-state index contributed by atoms with van der Waals surface area (Å²) in [5.41, 5.74) is 0.971. The maximum absolute atomic E-state index is 11.8. The second-order valence-corrected chi connectivity index (χ2v) is 5.68. The number of thiazole rings is 1. The Kier molecular flexibility index (Phi) is 3.91. The number of aryl methyl sites for hydroxylation is 1. The zero-order chi connectivity index (χ0) is 12.3. The van der Waals surface area contributed by atoms with Crippen molar-refractivity contribution in [3.8, 4) is 0 Å². The summed E-state index contributed by atoms with van der Waals surface area (Å²) >= 11 is 4.90. The van der Waals surface area contributed by atoms with E-state index >= 15 is 0 Å². The summed E-state index contributed by atoms with van der Waals surface area (Å²) in [6, 6.07) is 7.70. The maximum Gasteiger partial charge on any atom is 0.230 e. The summed E-state index contributed by atoms with van der Waals surface area (Å²) in [4.78, 5) is 17.0. The average molecular weight is 311 g/mol. The van der Waals surface area contributed by atoms with E-state index < -0.39 is 0 Å². The number of rotatable bonds is 3. The molecule has 1 N–H and O–H groups in total. The van der Waals surface area contributed by atoms with E-state index in [1.165, 1.54) is 11.3 Å². The number of carbonyl (C=O) groups excluding carboxylic acids is 1. The molecule has 0 radical (unpaired) electrons. The number of carbonyl (C=O) groups is 1. The molecule has 0 unspecified atom stereocenters. The lowest BCUT2D eigenvalue weighted by atomic mass is 10.1. The highest BCUT2D eigenvalue weighted by atomic mass is 79.9. The molecule has 5 heteroatoms. The molecule has 1 heterocycles. The molecule has 1 aromatic heterocycles. The number of nitrogens with one attached hydrogen (secondary N) is 1. The van der Waals surface area contributed by atoms with Gasteiger partial charge < -0.3 is 5.32 Å². The lowest BCUT2D eigenvalue weighted by molar-refractivity contribution is -0.115. The number of halogens is 1. The van der Waals surface area contributed by atoms with Crippen LogP contribution in [0.1, 0.15) is 10.4 Å². The molecule has 0 aliphatic heterocycles. The Hall–Kier alpha value is -1.20. The van der Waals surface area contributed by atoms with Crippen LogP contribution < -0.4 is 5.32 Å². The Morgan fingerprint density at radius 1 is 1.47 bits per heavy atom. The van der Waals surface area contributed by atoms with Gasteiger partial charge in [0, 0.05) is 15.5 Å². The van der Waals surface area contributed by atoms with Crippen LogP contribution in [0.25, 0.3) is 0 Å². The molecule has 0 spiro atoms. The molecule has 1 aromatic carbocycles. The van der Waals surface area contributed by atoms with E-state index in [-0.39, 0.29) is 5.91 Å². The summed E-state index contributed by atoms with van der Waals surface area (Å²) in [6.07, 6.45) is 2.10. The summed E-state index contributed by atoms with van der Waals surface area (Å²) in [6.45, 7) is 1.96. The molecule has 0 saturated heterocycles. The normalized spacial score (nSPS) is 10.2. The summed E-state index contributed by atoms with van der Waals surface area (Å²) in [5, 5.41) is 3.44. The average Bonchev–Trinajstić information content (AvgIpc) is 2.67. The van der Waals surface area contributed by atoms with Gasteiger partial charge in [-0.2, -0.15) is 0 Å². The molecule has 0 atom stereocenters. The minimum atomic E-state index is -0.0498. The number of amides is 1. The third-order valence-electron chi connectivity index (χ3n) is 2.18. The fourth-order valence-electron chi connectivity index (χ4n) is 1.39. The Bertz CT molecular complexity index is 539. The topological polar surface area (TPSA) is 42.0 Å². The zero-order valence-electron chi connectivity index (χ0n) is 9.24. The van der Waals surface area contributed by atoms with Crippen LogP contribution in [0.15, 0.2) is 34.9 Å². The number of nitrogens with zero attached hydrogens (tertiary/aromatic N) is 1. The van der Waals surface area contributed by atoms with Gasteiger partial charge in [0.05, 0.1) is 6.42 Å². The first kappa shape index (κ1) is 12.3. The van der Waals surface area contributed by atoms with Crippen LogP contribution in [0.2, 0.25) is 0 Å². The first-order chi connectivity index (χ1) is 8.15. The van der Waals surface area contributed by atoms with E-state index in [2.05, 4.69) is 26.2 Å². The van der Waals surface area contributed by atoms with E-state index in [1.807, 2.05) is 31.2 Å². The SMILES string of the molecule is Cc1cnc(NC(=O)Cc2ccccc2Br)s1. The lowest BCUT2D eigenvalue weighted by Gasteiger charge is -2.03. The fourth-order valence-corrected chi connectivity index (χ4v) is 2.50. The van der Waals surface area contributed by atoms with Crippen molar-refractivity contribution in [2.24, 2.45) is 0 Å². The van der Waals surface area contributed by atoms with E-state index in [9.17, 15) is 4.79 Å². The summed E-state index contributed by atoms with van der Waals surface area (Å²) in [7, 11) is 0. The van der Waals surface area contributed by atoms with Crippen molar-refractivity contribution < 1.29 is 4.79 Å². The largest absolute Gasteiger partial charge is 0.302 e. The number of anilines is 1. The monoisotopic (exact) mass is 310 g/mol. The highest BCUT2D eigenvalue weighted by molar-refractivity contribution is 9.10. The van der Waals surface area contributed by atoms with Gasteiger partial charge in [0.25, 0.3) is 0 Å². The predicted molar refractivity (Wildman–Crippen MR) is 73.3 cm³/mol. The van der Waals surface area contributed by atoms with Crippen molar-refractivity contribution in [1.29, 1.82) is 0 Å². The van der Waals surface area contributed by atoms with Crippen molar-refractivity contribution in [3.05, 3.63) is 45.4 Å². The Labute approximate surface area is 112 Å². The van der Waals surface area contributed by atoms with Crippen molar-refractivity contribution in [2.75, 3.05) is 5.32 Å². The number of aromatic nitrogens is 1. The molecule has 17 heavy (non-hydrogen) atoms. The molecule has 0 bridgehead atoms. The van der Waals surface area contributed by atoms with Crippen LogP contribution in [0, 0.1) is 6.92 Å². The molecule has 88 valence electrons. The predicted octanol–water partition coefficient (Wildman–Crippen LogP) is 3.40. The van der Waals surface area contributed by atoms with Crippen molar-refractivity contribution in [1.82, 2.24) is 4.98 Å². The summed E-state index contributed by atoms with van der Waals surface area (Å²) < 4.78 is 0.950. The van der Waals surface area contributed by atoms with Crippen LogP contribution in [0.5, 0.6) is 0 Å². The smallest absolute Gasteiger partial charge is 0.230 e. The molecule has 0 saturated carbocycles. The second kappa shape index (κ2) is 5.42. The standard InChI is InChI=1S/C12H11BrN2OS/c1-8-7-14-12(17-8)15-11(16)6-9-4-2-3-5-10(9)13/h2-5,7H,6H2,1H3,(H,14,15,16). The third-order valence-corrected chi connectivity index (χ3v) is 3.78. The van der Waals surface area contributed by atoms with Gasteiger partial charge in [-0.15, -0.1) is 11.3 Å². The van der Waals surface area contributed by atoms with Crippen LogP contribution in [0.3, 0.4) is 0 Å². The molecular weight excluding hydrogens is 300 g/mol. The molecule has 3 nitrogen and oxygen atoms in total. The van der Waals surface area contributed by atoms with Gasteiger partial charge in [0.2, 0.25) is 5.91 Å². The van der Waals surface area contributed by atoms with Crippen molar-refractivity contribution in [3.63, 3.8) is 0 Å². The maximum atomic E-state index is 11.8. The molecule has 0 aliphatic rings. The first-order valence-electron chi connectivity index (χ1n) is 5.11. The van der Waals surface area contributed by atoms with Gasteiger partial charge in [-0.25, -0.2) is 4.98 Å². The van der Waals surface area contributed by atoms with Crippen LogP contribution >= 0.6 is 27.3 Å². The molecule has 1 amide bonds. The Morgan fingerprint density at radius 3 is 2.88 bits per heavy atom. The first-order valence-corrected chi connectivity index (χ1v) is 6.72. The minimum absolute atomic E-state index is 0.0498. The Balaban J connectivity index is 2.01. The lowest BCUT2D eigenvalue weighted by Crippen LogP contribution is -2.14. The van der Waals surface area contributed by atoms with E-state index in [1.54, 1.807) is 6.20 Å². The van der Waals surface area contributed by atoms with E-state index in [0.717, 1.165) is 14.9 Å². The number of hydrogen-bond acceptors (Lipinski definition) is 3. The highest BCUT2D eigenvalue weighted by Gasteiger charge is 2.08. The summed E-state index contributed by atoms with van der Waals surface area (Å²) in [5.74, 6) is -0.0498. The zero-order valence-corrected chi connectivity index (χ0v) is 11.6. The van der Waals surface area contributed by atoms with Crippen LogP contribution in [-0.4, -0.2) is 10.9 Å². The van der Waals surface area contributed by atoms with Gasteiger partial charge in [-0.05, 0) is 18.6 Å². The third kappa shape index (κ3) is 3.38. The quantitative estimate of drug-likeness (QED) is 0.944. The molecule has 0 fully saturated rings. The fraction of sp³-hybridized carbons (Fsp3) is 0.167. The van der Waals surface area contributed by atoms with Crippen molar-refractivity contribution >= 4 is 38.3 Å². The molecular formula is C12H11BrN2OS. The van der Waals surface area contributed by atoms with Gasteiger partial charge in [-0.3, -0.25) is 4.79 Å². The molecule has 2 rings (SSSR count). The highest BCUT2D eigenvalue weighted by Crippen LogP contribution is 2.19. The Morgan fingerprint density at radius 2 is 2.24 bits per heavy atom. The van der Waals surface area contributed by atoms with Crippen LogP contribution in [0.4, 0.5) is 5.13 Å².